The van der Waals surface area contributed by atoms with Crippen LogP contribution in [0.25, 0.3) is 0 Å². The first-order chi connectivity index (χ1) is 5.95. The Labute approximate surface area is 126 Å². The number of methoxy groups -OCH3 is 1. The summed E-state index contributed by atoms with van der Waals surface area (Å²) >= 11 is 0. The van der Waals surface area contributed by atoms with Gasteiger partial charge in [-0.1, -0.05) is 6.07 Å². The summed E-state index contributed by atoms with van der Waals surface area (Å²) in [5.74, 6) is 0.0839. The summed E-state index contributed by atoms with van der Waals surface area (Å²) in [6.07, 6.45) is 0. The summed E-state index contributed by atoms with van der Waals surface area (Å²) in [5.41, 5.74) is 0.704. The second-order valence-electron chi connectivity index (χ2n) is 2.61. The zero-order valence-electron chi connectivity index (χ0n) is 8.27. The van der Waals surface area contributed by atoms with Gasteiger partial charge >= 0.3 is 51.4 Å². The number of hydrogen-bond donors (Lipinski definition) is 0. The minimum atomic E-state index is -4.44. The molecule has 0 aliphatic carbocycles. The second-order valence-corrected chi connectivity index (χ2v) is 3.96. The number of benzene rings is 1. The van der Waals surface area contributed by atoms with Gasteiger partial charge in [-0.15, -0.1) is 0 Å². The molecule has 0 atom stereocenters. The van der Waals surface area contributed by atoms with E-state index in [1.807, 2.05) is 0 Å². The van der Waals surface area contributed by atoms with Gasteiger partial charge in [0.2, 0.25) is 0 Å². The Morgan fingerprint density at radius 3 is 2.36 bits per heavy atom. The van der Waals surface area contributed by atoms with E-state index in [9.17, 15) is 13.0 Å². The van der Waals surface area contributed by atoms with Crippen LogP contribution in [-0.4, -0.2) is 20.1 Å². The number of aryl methyl sites for hydroxylation is 1. The summed E-state index contributed by atoms with van der Waals surface area (Å²) in [7, 11) is -3.12. The molecule has 0 aliphatic heterocycles. The Hall–Kier alpha value is 0.566. The van der Waals surface area contributed by atoms with Crippen molar-refractivity contribution in [3.8, 4) is 5.75 Å². The molecule has 0 heterocycles. The third-order valence-electron chi connectivity index (χ3n) is 1.59. The van der Waals surface area contributed by atoms with Crippen LogP contribution in [0.5, 0.6) is 5.75 Å². The first-order valence-corrected chi connectivity index (χ1v) is 4.96. The Morgan fingerprint density at radius 1 is 1.36 bits per heavy atom. The molecule has 0 saturated heterocycles. The standard InChI is InChI=1S/C8H10O4S.K/c1-6-3-4-7(12-2)8(5-6)13(9,10)11;/h3-5H,1-2H3,(H,9,10,11);/q;+1/p-1. The fourth-order valence-electron chi connectivity index (χ4n) is 0.979. The Morgan fingerprint density at radius 2 is 1.93 bits per heavy atom. The van der Waals surface area contributed by atoms with Gasteiger partial charge in [0.05, 0.1) is 12.0 Å². The quantitative estimate of drug-likeness (QED) is 0.439. The van der Waals surface area contributed by atoms with E-state index in [1.54, 1.807) is 13.0 Å². The third-order valence-corrected chi connectivity index (χ3v) is 2.45. The van der Waals surface area contributed by atoms with Crippen molar-refractivity contribution in [1.82, 2.24) is 0 Å². The number of hydrogen-bond acceptors (Lipinski definition) is 4. The van der Waals surface area contributed by atoms with E-state index in [4.69, 9.17) is 4.74 Å². The molecule has 0 bridgehead atoms. The maximum absolute atomic E-state index is 10.7. The van der Waals surface area contributed by atoms with Crippen molar-refractivity contribution in [2.75, 3.05) is 7.11 Å². The van der Waals surface area contributed by atoms with Crippen LogP contribution in [0.4, 0.5) is 0 Å². The molecule has 0 aromatic heterocycles. The van der Waals surface area contributed by atoms with E-state index in [-0.39, 0.29) is 62.0 Å². The van der Waals surface area contributed by atoms with Gasteiger partial charge in [0.25, 0.3) is 0 Å². The molecule has 1 aromatic rings. The number of rotatable bonds is 2. The molecule has 0 saturated carbocycles. The molecule has 1 rings (SSSR count). The van der Waals surface area contributed by atoms with Crippen LogP contribution in [0.1, 0.15) is 5.56 Å². The van der Waals surface area contributed by atoms with Gasteiger partial charge in [0, 0.05) is 0 Å². The van der Waals surface area contributed by atoms with Crippen LogP contribution in [0.3, 0.4) is 0 Å². The molecular formula is C8H9KO4S. The van der Waals surface area contributed by atoms with E-state index < -0.39 is 10.1 Å². The van der Waals surface area contributed by atoms with Gasteiger partial charge < -0.3 is 9.29 Å². The normalized spacial score (nSPS) is 10.5. The Bertz CT molecular complexity index is 413. The molecule has 0 unspecified atom stereocenters. The average Bonchev–Trinajstić information content (AvgIpc) is 2.03. The minimum Gasteiger partial charge on any atom is -0.744 e. The van der Waals surface area contributed by atoms with Crippen molar-refractivity contribution in [2.24, 2.45) is 0 Å². The first-order valence-electron chi connectivity index (χ1n) is 3.55. The molecule has 14 heavy (non-hydrogen) atoms. The topological polar surface area (TPSA) is 66.4 Å². The van der Waals surface area contributed by atoms with Gasteiger partial charge in [-0.05, 0) is 24.6 Å². The van der Waals surface area contributed by atoms with Gasteiger partial charge in [-0.3, -0.25) is 0 Å². The molecular weight excluding hydrogens is 231 g/mol. The first kappa shape index (κ1) is 14.6. The van der Waals surface area contributed by atoms with E-state index >= 15 is 0 Å². The van der Waals surface area contributed by atoms with E-state index in [2.05, 4.69) is 0 Å². The van der Waals surface area contributed by atoms with Crippen molar-refractivity contribution in [3.05, 3.63) is 23.8 Å². The van der Waals surface area contributed by atoms with Crippen LogP contribution in [0.2, 0.25) is 0 Å². The molecule has 0 N–H and O–H groups in total. The molecule has 0 radical (unpaired) electrons. The second kappa shape index (κ2) is 5.60. The maximum atomic E-state index is 10.7. The van der Waals surface area contributed by atoms with Crippen molar-refractivity contribution >= 4 is 10.1 Å². The molecule has 0 fully saturated rings. The van der Waals surface area contributed by atoms with Crippen molar-refractivity contribution in [3.63, 3.8) is 0 Å². The molecule has 4 nitrogen and oxygen atoms in total. The zero-order valence-corrected chi connectivity index (χ0v) is 12.2. The smallest absolute Gasteiger partial charge is 0.744 e. The van der Waals surface area contributed by atoms with Crippen molar-refractivity contribution in [1.29, 1.82) is 0 Å². The van der Waals surface area contributed by atoms with E-state index in [1.165, 1.54) is 19.2 Å². The van der Waals surface area contributed by atoms with Crippen LogP contribution in [0.15, 0.2) is 23.1 Å². The molecule has 72 valence electrons. The van der Waals surface area contributed by atoms with Crippen LogP contribution in [0, 0.1) is 6.92 Å². The predicted molar refractivity (Wildman–Crippen MR) is 45.7 cm³/mol. The van der Waals surface area contributed by atoms with Crippen LogP contribution in [-0.2, 0) is 10.1 Å². The molecule has 0 aliphatic rings. The summed E-state index contributed by atoms with van der Waals surface area (Å²) in [6, 6.07) is 4.43. The monoisotopic (exact) mass is 240 g/mol. The summed E-state index contributed by atoms with van der Waals surface area (Å²) in [5, 5.41) is 0. The van der Waals surface area contributed by atoms with Gasteiger partial charge in [0.1, 0.15) is 15.9 Å². The SMILES string of the molecule is COc1ccc(C)cc1S(=O)(=O)[O-].[K+]. The van der Waals surface area contributed by atoms with Crippen molar-refractivity contribution in [2.45, 2.75) is 11.8 Å². The molecule has 6 heteroatoms. The Kier molecular flexibility index (Phi) is 5.82. The number of ether oxygens (including phenoxy) is 1. The third kappa shape index (κ3) is 3.61. The van der Waals surface area contributed by atoms with Crippen molar-refractivity contribution < 1.29 is 69.1 Å². The van der Waals surface area contributed by atoms with Crippen LogP contribution >= 0.6 is 0 Å². The van der Waals surface area contributed by atoms with E-state index in [0.29, 0.717) is 5.56 Å². The summed E-state index contributed by atoms with van der Waals surface area (Å²) < 4.78 is 36.9. The summed E-state index contributed by atoms with van der Waals surface area (Å²) in [4.78, 5) is -0.310. The van der Waals surface area contributed by atoms with Crippen LogP contribution < -0.4 is 56.1 Å². The fraction of sp³-hybridized carbons (Fsp3) is 0.250. The molecule has 0 spiro atoms. The fourth-order valence-corrected chi connectivity index (χ4v) is 1.71. The average molecular weight is 240 g/mol. The van der Waals surface area contributed by atoms with Gasteiger partial charge in [-0.2, -0.15) is 0 Å². The van der Waals surface area contributed by atoms with E-state index in [0.717, 1.165) is 0 Å². The van der Waals surface area contributed by atoms with Gasteiger partial charge in [0.15, 0.2) is 0 Å². The largest absolute Gasteiger partial charge is 1.00 e. The van der Waals surface area contributed by atoms with Gasteiger partial charge in [-0.25, -0.2) is 8.42 Å². The Balaban J connectivity index is 0.00000169. The molecule has 1 aromatic carbocycles. The maximum Gasteiger partial charge on any atom is 1.00 e. The zero-order chi connectivity index (χ0) is 10.1. The summed E-state index contributed by atoms with van der Waals surface area (Å²) in [6.45, 7) is 1.70. The minimum absolute atomic E-state index is 0. The predicted octanol–water partition coefficient (Wildman–Crippen LogP) is -2.09. The molecule has 0 amide bonds.